The van der Waals surface area contributed by atoms with E-state index in [0.717, 1.165) is 4.90 Å². The Kier molecular flexibility index (Phi) is 5.38. The molecule has 0 aliphatic rings. The van der Waals surface area contributed by atoms with Gasteiger partial charge >= 0.3 is 5.97 Å². The molecule has 1 rings (SSSR count). The van der Waals surface area contributed by atoms with Crippen LogP contribution in [0.1, 0.15) is 6.92 Å². The van der Waals surface area contributed by atoms with Crippen molar-refractivity contribution in [3.63, 3.8) is 0 Å². The number of ether oxygens (including phenoxy) is 1. The SMILES string of the molecule is COC(=O)C(C)=CCSc1cc(Cl)ccc1N. The summed E-state index contributed by atoms with van der Waals surface area (Å²) in [7, 11) is 1.36. The molecular formula is C12H14ClNO2S. The molecule has 0 radical (unpaired) electrons. The zero-order valence-corrected chi connectivity index (χ0v) is 11.3. The van der Waals surface area contributed by atoms with Gasteiger partial charge in [-0.2, -0.15) is 0 Å². The minimum atomic E-state index is -0.315. The van der Waals surface area contributed by atoms with Gasteiger partial charge in [-0.1, -0.05) is 17.7 Å². The number of carbonyl (C=O) groups is 1. The second-order valence-electron chi connectivity index (χ2n) is 3.37. The standard InChI is InChI=1S/C12H14ClNO2S/c1-8(12(15)16-2)5-6-17-11-7-9(13)3-4-10(11)14/h3-5,7H,6,14H2,1-2H3. The molecule has 0 aromatic heterocycles. The molecular weight excluding hydrogens is 258 g/mol. The predicted octanol–water partition coefficient (Wildman–Crippen LogP) is 3.13. The highest BCUT2D eigenvalue weighted by Gasteiger charge is 2.03. The van der Waals surface area contributed by atoms with E-state index >= 15 is 0 Å². The molecule has 0 unspecified atom stereocenters. The van der Waals surface area contributed by atoms with Gasteiger partial charge in [-0.25, -0.2) is 4.79 Å². The Balaban J connectivity index is 2.62. The van der Waals surface area contributed by atoms with E-state index in [4.69, 9.17) is 17.3 Å². The van der Waals surface area contributed by atoms with Gasteiger partial charge in [0.1, 0.15) is 0 Å². The summed E-state index contributed by atoms with van der Waals surface area (Å²) in [5.41, 5.74) is 7.07. The lowest BCUT2D eigenvalue weighted by Crippen LogP contribution is -2.01. The van der Waals surface area contributed by atoms with Crippen LogP contribution in [-0.2, 0) is 9.53 Å². The first-order valence-electron chi connectivity index (χ1n) is 4.97. The van der Waals surface area contributed by atoms with Crippen LogP contribution in [0.5, 0.6) is 0 Å². The van der Waals surface area contributed by atoms with Crippen molar-refractivity contribution < 1.29 is 9.53 Å². The average Bonchev–Trinajstić information content (AvgIpc) is 2.32. The molecule has 0 aliphatic carbocycles. The summed E-state index contributed by atoms with van der Waals surface area (Å²) in [6, 6.07) is 5.32. The van der Waals surface area contributed by atoms with Gasteiger partial charge in [0.25, 0.3) is 0 Å². The lowest BCUT2D eigenvalue weighted by atomic mass is 10.3. The van der Waals surface area contributed by atoms with E-state index in [0.29, 0.717) is 22.0 Å². The smallest absolute Gasteiger partial charge is 0.333 e. The number of anilines is 1. The number of nitrogens with two attached hydrogens (primary N) is 1. The summed E-state index contributed by atoms with van der Waals surface area (Å²) in [6.07, 6.45) is 1.80. The van der Waals surface area contributed by atoms with Crippen LogP contribution in [0.4, 0.5) is 5.69 Å². The summed E-state index contributed by atoms with van der Waals surface area (Å²) in [4.78, 5) is 12.0. The molecule has 5 heteroatoms. The fraction of sp³-hybridized carbons (Fsp3) is 0.250. The number of benzene rings is 1. The monoisotopic (exact) mass is 271 g/mol. The molecule has 0 aliphatic heterocycles. The normalized spacial score (nSPS) is 11.4. The lowest BCUT2D eigenvalue weighted by molar-refractivity contribution is -0.136. The number of esters is 1. The molecule has 0 spiro atoms. The van der Waals surface area contributed by atoms with Gasteiger partial charge in [0.05, 0.1) is 7.11 Å². The number of nitrogen functional groups attached to an aromatic ring is 1. The van der Waals surface area contributed by atoms with Crippen molar-refractivity contribution in [1.82, 2.24) is 0 Å². The minimum absolute atomic E-state index is 0.315. The maximum atomic E-state index is 11.1. The average molecular weight is 272 g/mol. The largest absolute Gasteiger partial charge is 0.466 e. The molecule has 92 valence electrons. The van der Waals surface area contributed by atoms with Gasteiger partial charge in [0, 0.05) is 26.9 Å². The number of halogens is 1. The van der Waals surface area contributed by atoms with Gasteiger partial charge in [0.2, 0.25) is 0 Å². The van der Waals surface area contributed by atoms with E-state index in [2.05, 4.69) is 4.74 Å². The molecule has 0 saturated heterocycles. The molecule has 0 fully saturated rings. The van der Waals surface area contributed by atoms with Crippen molar-refractivity contribution in [2.75, 3.05) is 18.6 Å². The molecule has 0 amide bonds. The maximum Gasteiger partial charge on any atom is 0.333 e. The van der Waals surface area contributed by atoms with E-state index < -0.39 is 0 Å². The Morgan fingerprint density at radius 2 is 2.29 bits per heavy atom. The van der Waals surface area contributed by atoms with Crippen molar-refractivity contribution in [2.45, 2.75) is 11.8 Å². The van der Waals surface area contributed by atoms with E-state index in [1.54, 1.807) is 25.1 Å². The van der Waals surface area contributed by atoms with E-state index in [1.165, 1.54) is 18.9 Å². The van der Waals surface area contributed by atoms with Crippen LogP contribution in [-0.4, -0.2) is 18.8 Å². The van der Waals surface area contributed by atoms with Crippen LogP contribution in [0.2, 0.25) is 5.02 Å². The van der Waals surface area contributed by atoms with E-state index in [9.17, 15) is 4.79 Å². The van der Waals surface area contributed by atoms with Crippen molar-refractivity contribution in [3.8, 4) is 0 Å². The molecule has 17 heavy (non-hydrogen) atoms. The van der Waals surface area contributed by atoms with Crippen LogP contribution < -0.4 is 5.73 Å². The first-order valence-corrected chi connectivity index (χ1v) is 6.34. The molecule has 1 aromatic carbocycles. The Morgan fingerprint density at radius 3 is 2.94 bits per heavy atom. The van der Waals surface area contributed by atoms with Gasteiger partial charge < -0.3 is 10.5 Å². The molecule has 1 aromatic rings. The van der Waals surface area contributed by atoms with Crippen LogP contribution >= 0.6 is 23.4 Å². The fourth-order valence-electron chi connectivity index (χ4n) is 1.13. The third-order valence-corrected chi connectivity index (χ3v) is 3.34. The van der Waals surface area contributed by atoms with Crippen molar-refractivity contribution >= 4 is 35.0 Å². The quantitative estimate of drug-likeness (QED) is 0.396. The Morgan fingerprint density at radius 1 is 1.59 bits per heavy atom. The Hall–Kier alpha value is -1.13. The topological polar surface area (TPSA) is 52.3 Å². The zero-order valence-electron chi connectivity index (χ0n) is 9.70. The number of hydrogen-bond donors (Lipinski definition) is 1. The van der Waals surface area contributed by atoms with Gasteiger partial charge in [-0.3, -0.25) is 0 Å². The highest BCUT2D eigenvalue weighted by atomic mass is 35.5. The second-order valence-corrected chi connectivity index (χ2v) is 4.87. The van der Waals surface area contributed by atoms with Crippen molar-refractivity contribution in [1.29, 1.82) is 0 Å². The third kappa shape index (κ3) is 4.32. The predicted molar refractivity (Wildman–Crippen MR) is 72.4 cm³/mol. The van der Waals surface area contributed by atoms with Crippen LogP contribution in [0.15, 0.2) is 34.7 Å². The second kappa shape index (κ2) is 6.57. The van der Waals surface area contributed by atoms with E-state index in [1.807, 2.05) is 6.07 Å². The van der Waals surface area contributed by atoms with Crippen LogP contribution in [0.25, 0.3) is 0 Å². The summed E-state index contributed by atoms with van der Waals surface area (Å²) in [6.45, 7) is 1.72. The summed E-state index contributed by atoms with van der Waals surface area (Å²) in [5.74, 6) is 0.329. The maximum absolute atomic E-state index is 11.1. The molecule has 0 heterocycles. The molecule has 0 saturated carbocycles. The minimum Gasteiger partial charge on any atom is -0.466 e. The molecule has 3 nitrogen and oxygen atoms in total. The summed E-state index contributed by atoms with van der Waals surface area (Å²) in [5, 5.41) is 0.648. The Bertz CT molecular complexity index is 446. The molecule has 0 bridgehead atoms. The highest BCUT2D eigenvalue weighted by molar-refractivity contribution is 7.99. The first-order chi connectivity index (χ1) is 8.04. The van der Waals surface area contributed by atoms with Gasteiger partial charge in [-0.15, -0.1) is 11.8 Å². The van der Waals surface area contributed by atoms with Crippen molar-refractivity contribution in [3.05, 3.63) is 34.9 Å². The number of carbonyl (C=O) groups excluding carboxylic acids is 1. The van der Waals surface area contributed by atoms with Gasteiger partial charge in [0.15, 0.2) is 0 Å². The van der Waals surface area contributed by atoms with Gasteiger partial charge in [-0.05, 0) is 25.1 Å². The highest BCUT2D eigenvalue weighted by Crippen LogP contribution is 2.28. The summed E-state index contributed by atoms with van der Waals surface area (Å²) < 4.78 is 4.60. The van der Waals surface area contributed by atoms with Crippen LogP contribution in [0.3, 0.4) is 0 Å². The summed E-state index contributed by atoms with van der Waals surface area (Å²) >= 11 is 7.40. The number of hydrogen-bond acceptors (Lipinski definition) is 4. The Labute approximate surface area is 110 Å². The number of thioether (sulfide) groups is 1. The third-order valence-electron chi connectivity index (χ3n) is 2.11. The zero-order chi connectivity index (χ0) is 12.8. The number of rotatable bonds is 4. The number of methoxy groups -OCH3 is 1. The van der Waals surface area contributed by atoms with Crippen molar-refractivity contribution in [2.24, 2.45) is 0 Å². The first kappa shape index (κ1) is 13.9. The van der Waals surface area contributed by atoms with E-state index in [-0.39, 0.29) is 5.97 Å². The molecule has 0 atom stereocenters. The van der Waals surface area contributed by atoms with Crippen LogP contribution in [0, 0.1) is 0 Å². The fourth-order valence-corrected chi connectivity index (χ4v) is 2.33. The molecule has 2 N–H and O–H groups in total. The lowest BCUT2D eigenvalue weighted by Gasteiger charge is -2.04.